The smallest absolute Gasteiger partial charge is 0.407 e. The maximum absolute atomic E-state index is 13.2. The molecule has 6 atom stereocenters. The van der Waals surface area contributed by atoms with Gasteiger partial charge < -0.3 is 50.3 Å². The van der Waals surface area contributed by atoms with Crippen LogP contribution in [-0.2, 0) is 65.7 Å². The molecule has 5 rings (SSSR count). The van der Waals surface area contributed by atoms with Crippen LogP contribution in [-0.4, -0.2) is 97.3 Å². The van der Waals surface area contributed by atoms with E-state index in [2.05, 4.69) is 26.6 Å². The van der Waals surface area contributed by atoms with Crippen LogP contribution in [0, 0.1) is 0 Å². The Hall–Kier alpha value is -7.76. The van der Waals surface area contributed by atoms with Crippen LogP contribution in [0.15, 0.2) is 109 Å². The first-order valence-electron chi connectivity index (χ1n) is 24.6. The first kappa shape index (κ1) is 56.2. The molecule has 0 spiro atoms. The topological polar surface area (TPSA) is 243 Å². The number of esters is 3. The van der Waals surface area contributed by atoms with Crippen LogP contribution < -0.4 is 26.6 Å². The zero-order valence-electron chi connectivity index (χ0n) is 42.0. The maximum Gasteiger partial charge on any atom is 0.407 e. The molecule has 1 aliphatic rings. The molecule has 0 unspecified atom stereocenters. The lowest BCUT2D eigenvalue weighted by Gasteiger charge is -2.21. The van der Waals surface area contributed by atoms with Gasteiger partial charge in [0.2, 0.25) is 17.7 Å². The fourth-order valence-electron chi connectivity index (χ4n) is 8.12. The highest BCUT2D eigenvalue weighted by atomic mass is 16.6. The molecule has 0 aliphatic heterocycles. The lowest BCUT2D eigenvalue weighted by Crippen LogP contribution is -2.45. The number of fused-ring (bicyclic) bond motifs is 3. The van der Waals surface area contributed by atoms with Gasteiger partial charge in [0.1, 0.15) is 44.1 Å². The fraction of sp³-hybridized carbons (Fsp3) is 0.418. The number of hydrogen-bond acceptors (Lipinski definition) is 13. The predicted octanol–water partition coefficient (Wildman–Crippen LogP) is 6.67. The zero-order chi connectivity index (χ0) is 52.7. The molecule has 0 saturated carbocycles. The lowest BCUT2D eigenvalue weighted by atomic mass is 9.98. The summed E-state index contributed by atoms with van der Waals surface area (Å²) in [7, 11) is 0. The highest BCUT2D eigenvalue weighted by Gasteiger charge is 2.30. The number of benzene rings is 4. The molecular formula is C55H67N5O13. The van der Waals surface area contributed by atoms with E-state index in [1.165, 1.54) is 20.8 Å². The average molecular weight is 1010 g/mol. The average Bonchev–Trinajstić information content (AvgIpc) is 3.67. The van der Waals surface area contributed by atoms with Gasteiger partial charge in [-0.3, -0.25) is 19.2 Å². The molecule has 18 nitrogen and oxygen atoms in total. The van der Waals surface area contributed by atoms with Crippen LogP contribution in [0.25, 0.3) is 11.1 Å². The summed E-state index contributed by atoms with van der Waals surface area (Å²) in [5.41, 5.74) is 5.89. The number of carbonyl (C=O) groups is 8. The van der Waals surface area contributed by atoms with E-state index in [1.807, 2.05) is 109 Å². The van der Waals surface area contributed by atoms with Crippen molar-refractivity contribution >= 4 is 47.8 Å². The quantitative estimate of drug-likeness (QED) is 0.0238. The van der Waals surface area contributed by atoms with E-state index in [0.717, 1.165) is 33.4 Å². The number of rotatable bonds is 27. The SMILES string of the molecule is C[C@H](CC(=O)N[C@@H](C)CC(=O)N[C@@H](C)CC(=O)N[C@@H](CCCCNC(=O)OCc1ccccc1)C(=O)OCc1ccccc1)OC(=O)C[C@@H](C)OC(=O)[C@H](C)NC(=O)OCC1c2ccccc2-c2ccccc21. The molecule has 5 N–H and O–H groups in total. The second-order valence-electron chi connectivity index (χ2n) is 18.2. The van der Waals surface area contributed by atoms with Gasteiger partial charge in [0, 0.05) is 37.4 Å². The zero-order valence-corrected chi connectivity index (χ0v) is 42.0. The third-order valence-corrected chi connectivity index (χ3v) is 11.7. The van der Waals surface area contributed by atoms with Gasteiger partial charge in [0.15, 0.2) is 0 Å². The molecule has 0 radical (unpaired) electrons. The Balaban J connectivity index is 0.950. The Bertz CT molecular complexity index is 2440. The van der Waals surface area contributed by atoms with E-state index in [-0.39, 0.29) is 64.4 Å². The van der Waals surface area contributed by atoms with E-state index in [0.29, 0.717) is 12.8 Å². The summed E-state index contributed by atoms with van der Waals surface area (Å²) in [6.45, 7) is 8.22. The number of amides is 5. The highest BCUT2D eigenvalue weighted by Crippen LogP contribution is 2.44. The van der Waals surface area contributed by atoms with Crippen molar-refractivity contribution in [1.82, 2.24) is 26.6 Å². The van der Waals surface area contributed by atoms with Gasteiger partial charge in [0.05, 0.1) is 12.8 Å². The molecule has 18 heteroatoms. The summed E-state index contributed by atoms with van der Waals surface area (Å²) in [5.74, 6) is -3.69. The standard InChI is InChI=1S/C55H67N5O13/c1-35(28-48(61)57-36(2)29-49(62)60-47(53(66)69-32-40-18-8-6-9-19-40)26-16-17-27-56-54(67)70-33-41-20-10-7-11-21-41)58-50(63)30-37(3)72-51(64)31-38(4)73-52(65)39(5)59-55(68)71-34-46-44-24-14-12-22-42(44)43-23-13-15-25-45(43)46/h6-15,18-25,35-39,46-47H,16-17,26-34H2,1-5H3,(H,56,67)(H,57,61)(H,58,63)(H,59,68)(H,60,62)/t35-,36-,37+,38+,39-,47-/m0/s1. The predicted molar refractivity (Wildman–Crippen MR) is 269 cm³/mol. The van der Waals surface area contributed by atoms with Crippen LogP contribution >= 0.6 is 0 Å². The number of hydrogen-bond donors (Lipinski definition) is 5. The Morgan fingerprint density at radius 1 is 0.493 bits per heavy atom. The summed E-state index contributed by atoms with van der Waals surface area (Å²) >= 11 is 0. The van der Waals surface area contributed by atoms with Gasteiger partial charge in [-0.2, -0.15) is 0 Å². The van der Waals surface area contributed by atoms with Crippen molar-refractivity contribution in [2.45, 2.75) is 135 Å². The molecular weight excluding hydrogens is 939 g/mol. The number of nitrogens with one attached hydrogen (secondary N) is 5. The molecule has 4 aromatic carbocycles. The molecule has 5 amide bonds. The maximum atomic E-state index is 13.2. The molecule has 0 saturated heterocycles. The minimum Gasteiger partial charge on any atom is -0.462 e. The Morgan fingerprint density at radius 3 is 1.59 bits per heavy atom. The minimum atomic E-state index is -1.08. The van der Waals surface area contributed by atoms with Crippen molar-refractivity contribution in [3.63, 3.8) is 0 Å². The van der Waals surface area contributed by atoms with Crippen molar-refractivity contribution in [1.29, 1.82) is 0 Å². The van der Waals surface area contributed by atoms with Crippen LogP contribution in [0.1, 0.15) is 108 Å². The number of carbonyl (C=O) groups excluding carboxylic acids is 8. The summed E-state index contributed by atoms with van der Waals surface area (Å²) in [4.78, 5) is 102. The van der Waals surface area contributed by atoms with E-state index in [9.17, 15) is 38.4 Å². The second kappa shape index (κ2) is 28.9. The first-order valence-corrected chi connectivity index (χ1v) is 24.6. The van der Waals surface area contributed by atoms with Crippen molar-refractivity contribution in [2.75, 3.05) is 13.2 Å². The van der Waals surface area contributed by atoms with Gasteiger partial charge in [-0.05, 0) is 87.3 Å². The lowest BCUT2D eigenvalue weighted by molar-refractivity contribution is -0.158. The largest absolute Gasteiger partial charge is 0.462 e. The number of alkyl carbamates (subject to hydrolysis) is 2. The van der Waals surface area contributed by atoms with E-state index < -0.39 is 84.2 Å². The molecule has 0 heterocycles. The molecule has 4 aromatic rings. The van der Waals surface area contributed by atoms with E-state index in [1.54, 1.807) is 13.8 Å². The third kappa shape index (κ3) is 19.4. The van der Waals surface area contributed by atoms with Gasteiger partial charge >= 0.3 is 30.1 Å². The van der Waals surface area contributed by atoms with Crippen molar-refractivity contribution in [2.24, 2.45) is 0 Å². The fourth-order valence-corrected chi connectivity index (χ4v) is 8.12. The van der Waals surface area contributed by atoms with Gasteiger partial charge in [-0.1, -0.05) is 109 Å². The second-order valence-corrected chi connectivity index (χ2v) is 18.2. The molecule has 0 aromatic heterocycles. The van der Waals surface area contributed by atoms with Crippen molar-refractivity contribution in [3.05, 3.63) is 131 Å². The van der Waals surface area contributed by atoms with Crippen LogP contribution in [0.2, 0.25) is 0 Å². The third-order valence-electron chi connectivity index (χ3n) is 11.7. The van der Waals surface area contributed by atoms with Gasteiger partial charge in [-0.15, -0.1) is 0 Å². The molecule has 390 valence electrons. The summed E-state index contributed by atoms with van der Waals surface area (Å²) in [6, 6.07) is 30.9. The molecule has 0 bridgehead atoms. The number of unbranched alkanes of at least 4 members (excludes halogenated alkanes) is 1. The monoisotopic (exact) mass is 1010 g/mol. The first-order chi connectivity index (χ1) is 35.0. The Kier molecular flexibility index (Phi) is 22.3. The highest BCUT2D eigenvalue weighted by molar-refractivity contribution is 5.86. The molecule has 73 heavy (non-hydrogen) atoms. The Labute approximate surface area is 426 Å². The minimum absolute atomic E-state index is 0.0133. The molecule has 1 aliphatic carbocycles. The summed E-state index contributed by atoms with van der Waals surface area (Å²) in [5, 5.41) is 13.3. The molecule has 0 fully saturated rings. The van der Waals surface area contributed by atoms with E-state index in [4.69, 9.17) is 23.7 Å². The van der Waals surface area contributed by atoms with Gasteiger partial charge in [-0.25, -0.2) is 19.2 Å². The van der Waals surface area contributed by atoms with Crippen molar-refractivity contribution in [3.8, 4) is 11.1 Å². The van der Waals surface area contributed by atoms with E-state index >= 15 is 0 Å². The Morgan fingerprint density at radius 2 is 1.00 bits per heavy atom. The van der Waals surface area contributed by atoms with Crippen LogP contribution in [0.4, 0.5) is 9.59 Å². The van der Waals surface area contributed by atoms with Crippen LogP contribution in [0.5, 0.6) is 0 Å². The van der Waals surface area contributed by atoms with Crippen molar-refractivity contribution < 1.29 is 62.0 Å². The summed E-state index contributed by atoms with van der Waals surface area (Å²) < 4.78 is 27.0. The number of ether oxygens (including phenoxy) is 5. The normalized spacial score (nSPS) is 13.9. The summed E-state index contributed by atoms with van der Waals surface area (Å²) in [6.07, 6.45) is -2.73. The van der Waals surface area contributed by atoms with Crippen LogP contribution in [0.3, 0.4) is 0 Å². The van der Waals surface area contributed by atoms with Gasteiger partial charge in [0.25, 0.3) is 0 Å².